The molecule has 3 aromatic rings. The molecule has 0 spiro atoms. The van der Waals surface area contributed by atoms with Crippen molar-refractivity contribution in [1.29, 1.82) is 0 Å². The average Bonchev–Trinajstić information content (AvgIpc) is 3.25. The van der Waals surface area contributed by atoms with Gasteiger partial charge in [0.2, 0.25) is 0 Å². The Labute approximate surface area is 254 Å². The maximum atomic E-state index is 5.89. The van der Waals surface area contributed by atoms with Crippen molar-refractivity contribution in [3.05, 3.63) is 46.3 Å². The van der Waals surface area contributed by atoms with Crippen LogP contribution in [0.1, 0.15) is 35.3 Å². The lowest BCUT2D eigenvalue weighted by Gasteiger charge is -2.35. The fourth-order valence-corrected chi connectivity index (χ4v) is 6.29. The number of para-hydroxylation sites is 1. The molecule has 7 nitrogen and oxygen atoms in total. The van der Waals surface area contributed by atoms with Crippen molar-refractivity contribution in [2.45, 2.75) is 39.2 Å². The van der Waals surface area contributed by atoms with E-state index in [0.29, 0.717) is 0 Å². The Bertz CT molecular complexity index is 1230. The molecule has 0 unspecified atom stereocenters. The highest BCUT2D eigenvalue weighted by Crippen LogP contribution is 2.44. The molecule has 37 heavy (non-hydrogen) atoms. The molecule has 1 saturated heterocycles. The number of pyridine rings is 1. The number of aromatic nitrogens is 1. The van der Waals surface area contributed by atoms with Gasteiger partial charge in [-0.1, -0.05) is 18.2 Å². The SMILES string of the molecule is Br.Br.Br.Cc1cc(N2CCN(CCCCC3=Nc4sc5c(c4ON3)CCNC5)CC2)nc2ccccc12. The zero-order valence-electron chi connectivity index (χ0n) is 21.0. The molecule has 0 saturated carbocycles. The summed E-state index contributed by atoms with van der Waals surface area (Å²) < 4.78 is 0. The molecule has 0 amide bonds. The van der Waals surface area contributed by atoms with Crippen molar-refractivity contribution in [3.8, 4) is 5.75 Å². The fraction of sp³-hybridized carbons (Fsp3) is 0.462. The summed E-state index contributed by atoms with van der Waals surface area (Å²) in [6.45, 7) is 9.53. The van der Waals surface area contributed by atoms with E-state index < -0.39 is 0 Å². The summed E-state index contributed by atoms with van der Waals surface area (Å²) in [4.78, 5) is 22.0. The predicted molar refractivity (Wildman–Crippen MR) is 171 cm³/mol. The van der Waals surface area contributed by atoms with Crippen LogP contribution in [0.2, 0.25) is 0 Å². The van der Waals surface area contributed by atoms with Gasteiger partial charge in [0.1, 0.15) is 11.7 Å². The normalized spacial score (nSPS) is 16.7. The number of amidine groups is 1. The van der Waals surface area contributed by atoms with Crippen molar-refractivity contribution < 1.29 is 4.84 Å². The molecule has 6 rings (SSSR count). The molecule has 202 valence electrons. The molecule has 11 heteroatoms. The summed E-state index contributed by atoms with van der Waals surface area (Å²) in [5.74, 6) is 3.03. The molecule has 0 bridgehead atoms. The predicted octanol–water partition coefficient (Wildman–Crippen LogP) is 5.90. The molecular weight excluding hydrogens is 684 g/mol. The lowest BCUT2D eigenvalue weighted by Crippen LogP contribution is -2.47. The van der Waals surface area contributed by atoms with Crippen molar-refractivity contribution in [1.82, 2.24) is 20.7 Å². The van der Waals surface area contributed by atoms with Crippen LogP contribution in [0.25, 0.3) is 10.9 Å². The highest BCUT2D eigenvalue weighted by molar-refractivity contribution is 8.93. The largest absolute Gasteiger partial charge is 0.377 e. The van der Waals surface area contributed by atoms with Gasteiger partial charge in [-0.25, -0.2) is 15.5 Å². The first-order valence-corrected chi connectivity index (χ1v) is 13.3. The van der Waals surface area contributed by atoms with Gasteiger partial charge in [0.05, 0.1) is 5.52 Å². The minimum absolute atomic E-state index is 0. The van der Waals surface area contributed by atoms with Gasteiger partial charge in [0.25, 0.3) is 0 Å². The second kappa shape index (κ2) is 13.7. The van der Waals surface area contributed by atoms with Crippen LogP contribution in [0.4, 0.5) is 10.8 Å². The van der Waals surface area contributed by atoms with E-state index in [-0.39, 0.29) is 50.9 Å². The van der Waals surface area contributed by atoms with E-state index in [9.17, 15) is 0 Å². The third kappa shape index (κ3) is 6.67. The van der Waals surface area contributed by atoms with Crippen LogP contribution in [0.5, 0.6) is 5.75 Å². The molecule has 2 N–H and O–H groups in total. The van der Waals surface area contributed by atoms with Gasteiger partial charge in [0.15, 0.2) is 10.8 Å². The van der Waals surface area contributed by atoms with E-state index >= 15 is 0 Å². The maximum Gasteiger partial charge on any atom is 0.195 e. The van der Waals surface area contributed by atoms with Gasteiger partial charge in [-0.3, -0.25) is 4.90 Å². The lowest BCUT2D eigenvalue weighted by molar-refractivity contribution is 0.246. The van der Waals surface area contributed by atoms with Crippen molar-refractivity contribution in [3.63, 3.8) is 0 Å². The number of unbranched alkanes of at least 4 members (excludes halogenated alkanes) is 1. The third-order valence-electron chi connectivity index (χ3n) is 7.11. The number of thiophene rings is 1. The molecule has 1 fully saturated rings. The number of hydrogen-bond acceptors (Lipinski definition) is 8. The Morgan fingerprint density at radius 3 is 2.70 bits per heavy atom. The number of halogens is 3. The molecule has 0 atom stereocenters. The molecule has 0 aliphatic carbocycles. The Hall–Kier alpha value is -1.24. The van der Waals surface area contributed by atoms with Gasteiger partial charge in [-0.2, -0.15) is 0 Å². The number of anilines is 1. The van der Waals surface area contributed by atoms with E-state index in [1.54, 1.807) is 11.3 Å². The fourth-order valence-electron chi connectivity index (χ4n) is 5.15. The van der Waals surface area contributed by atoms with Gasteiger partial charge in [-0.05, 0) is 57.0 Å². The molecular formula is C26H35Br3N6OS. The van der Waals surface area contributed by atoms with Crippen LogP contribution in [-0.4, -0.2) is 55.0 Å². The quantitative estimate of drug-likeness (QED) is 0.310. The van der Waals surface area contributed by atoms with E-state index in [4.69, 9.17) is 14.8 Å². The second-order valence-corrected chi connectivity index (χ2v) is 10.5. The zero-order valence-corrected chi connectivity index (χ0v) is 27.0. The minimum atomic E-state index is 0. The molecule has 0 radical (unpaired) electrons. The van der Waals surface area contributed by atoms with Crippen LogP contribution >= 0.6 is 62.3 Å². The number of nitrogens with one attached hydrogen (secondary N) is 2. The highest BCUT2D eigenvalue weighted by Gasteiger charge is 2.25. The summed E-state index contributed by atoms with van der Waals surface area (Å²) in [5.41, 5.74) is 6.83. The van der Waals surface area contributed by atoms with E-state index in [2.05, 4.69) is 57.9 Å². The van der Waals surface area contributed by atoms with Crippen LogP contribution in [0, 0.1) is 6.92 Å². The number of aryl methyl sites for hydroxylation is 1. The average molecular weight is 719 g/mol. The topological polar surface area (TPSA) is 65.0 Å². The van der Waals surface area contributed by atoms with Gasteiger partial charge < -0.3 is 15.1 Å². The number of fused-ring (bicyclic) bond motifs is 4. The Morgan fingerprint density at radius 2 is 1.86 bits per heavy atom. The van der Waals surface area contributed by atoms with Crippen LogP contribution in [0.15, 0.2) is 35.3 Å². The Morgan fingerprint density at radius 1 is 1.05 bits per heavy atom. The van der Waals surface area contributed by atoms with Crippen LogP contribution in [-0.2, 0) is 13.0 Å². The van der Waals surface area contributed by atoms with E-state index in [1.807, 2.05) is 0 Å². The van der Waals surface area contributed by atoms with E-state index in [1.165, 1.54) is 27.8 Å². The first-order chi connectivity index (χ1) is 16.7. The monoisotopic (exact) mass is 716 g/mol. The number of hydroxylamine groups is 1. The molecule has 3 aliphatic rings. The minimum Gasteiger partial charge on any atom is -0.377 e. The number of hydrogen-bond donors (Lipinski definition) is 2. The van der Waals surface area contributed by atoms with Crippen LogP contribution < -0.4 is 20.5 Å². The summed E-state index contributed by atoms with van der Waals surface area (Å²) >= 11 is 1.77. The van der Waals surface area contributed by atoms with Crippen molar-refractivity contribution in [2.24, 2.45) is 4.99 Å². The standard InChI is InChI=1S/C26H32N6OS.3BrH/c1-18-16-24(28-21-7-3-2-6-19(18)21)32-14-12-31(13-15-32)11-5-4-8-23-29-26-25(33-30-23)20-9-10-27-17-22(20)34-26;;;/h2-3,6-7,16,27H,4-5,8-15,17H2,1H3,(H,29,30);3*1H. The second-order valence-electron chi connectivity index (χ2n) is 9.43. The Balaban J connectivity index is 0.00000127. The van der Waals surface area contributed by atoms with Crippen molar-refractivity contribution >= 4 is 89.8 Å². The number of rotatable bonds is 6. The summed E-state index contributed by atoms with van der Waals surface area (Å²) in [7, 11) is 0. The number of piperazine rings is 1. The number of nitrogens with zero attached hydrogens (tertiary/aromatic N) is 4. The highest BCUT2D eigenvalue weighted by atomic mass is 79.9. The third-order valence-corrected chi connectivity index (χ3v) is 8.22. The first-order valence-electron chi connectivity index (χ1n) is 12.4. The Kier molecular flexibility index (Phi) is 11.2. The molecule has 5 heterocycles. The molecule has 1 aromatic carbocycles. The number of benzene rings is 1. The van der Waals surface area contributed by atoms with Gasteiger partial charge in [0, 0.05) is 55.0 Å². The van der Waals surface area contributed by atoms with Gasteiger partial charge in [-0.15, -0.1) is 62.3 Å². The molecule has 3 aliphatic heterocycles. The first kappa shape index (κ1) is 30.3. The maximum absolute atomic E-state index is 5.89. The smallest absolute Gasteiger partial charge is 0.195 e. The van der Waals surface area contributed by atoms with E-state index in [0.717, 1.165) is 93.0 Å². The molecule has 2 aromatic heterocycles. The zero-order chi connectivity index (χ0) is 22.9. The summed E-state index contributed by atoms with van der Waals surface area (Å²) in [5, 5.41) is 5.72. The van der Waals surface area contributed by atoms with Crippen LogP contribution in [0.3, 0.4) is 0 Å². The van der Waals surface area contributed by atoms with Crippen molar-refractivity contribution in [2.75, 3.05) is 44.2 Å². The van der Waals surface area contributed by atoms with Gasteiger partial charge >= 0.3 is 0 Å². The number of aliphatic imine (C=N–C) groups is 1. The summed E-state index contributed by atoms with van der Waals surface area (Å²) in [6, 6.07) is 10.7. The lowest BCUT2D eigenvalue weighted by atomic mass is 10.1. The summed E-state index contributed by atoms with van der Waals surface area (Å²) in [6.07, 6.45) is 4.24.